The third kappa shape index (κ3) is 2.65. The molecule has 1 fully saturated rings. The summed E-state index contributed by atoms with van der Waals surface area (Å²) in [6, 6.07) is 2.11. The molecule has 1 unspecified atom stereocenters. The Morgan fingerprint density at radius 3 is 2.60 bits per heavy atom. The second-order valence-electron chi connectivity index (χ2n) is 5.26. The molecule has 1 aromatic heterocycles. The first-order valence-electron chi connectivity index (χ1n) is 6.72. The summed E-state index contributed by atoms with van der Waals surface area (Å²) in [6.45, 7) is 4.84. The highest BCUT2D eigenvalue weighted by atomic mass is 32.1. The highest BCUT2D eigenvalue weighted by Gasteiger charge is 2.27. The number of rotatable bonds is 3. The summed E-state index contributed by atoms with van der Waals surface area (Å²) in [5.41, 5.74) is 6.61. The molecule has 6 heteroatoms. The van der Waals surface area contributed by atoms with Gasteiger partial charge in [-0.25, -0.2) is 0 Å². The molecule has 0 aromatic carbocycles. The average molecular weight is 293 g/mol. The second kappa shape index (κ2) is 5.81. The highest BCUT2D eigenvalue weighted by Crippen LogP contribution is 2.39. The Hall–Kier alpha value is -1.58. The number of carbonyl (C=O) groups is 1. The van der Waals surface area contributed by atoms with Crippen LogP contribution in [-0.4, -0.2) is 30.1 Å². The first-order valence-corrected chi connectivity index (χ1v) is 7.53. The number of nitriles is 1. The van der Waals surface area contributed by atoms with Gasteiger partial charge < -0.3 is 15.7 Å². The van der Waals surface area contributed by atoms with E-state index in [1.54, 1.807) is 0 Å². The standard InChI is InChI=1S/C14H19N3O2S/c1-8(18)10-3-5-17(6-4-10)14-11(7-15)12(16)13(20-14)9(2)19/h8,10,18H,3-6,16H2,1-2H3. The van der Waals surface area contributed by atoms with Crippen molar-refractivity contribution in [2.45, 2.75) is 32.8 Å². The molecule has 0 bridgehead atoms. The fourth-order valence-electron chi connectivity index (χ4n) is 2.61. The molecular weight excluding hydrogens is 274 g/mol. The molecule has 1 aliphatic rings. The Morgan fingerprint density at radius 2 is 2.15 bits per heavy atom. The lowest BCUT2D eigenvalue weighted by atomic mass is 9.92. The summed E-state index contributed by atoms with van der Waals surface area (Å²) in [7, 11) is 0. The third-order valence-electron chi connectivity index (χ3n) is 3.87. The van der Waals surface area contributed by atoms with Crippen molar-refractivity contribution in [2.24, 2.45) is 5.92 Å². The van der Waals surface area contributed by atoms with E-state index >= 15 is 0 Å². The lowest BCUT2D eigenvalue weighted by Crippen LogP contribution is -2.36. The van der Waals surface area contributed by atoms with Gasteiger partial charge in [-0.1, -0.05) is 0 Å². The van der Waals surface area contributed by atoms with Crippen molar-refractivity contribution in [3.8, 4) is 6.07 Å². The van der Waals surface area contributed by atoms with Gasteiger partial charge in [-0.3, -0.25) is 4.79 Å². The Labute approximate surface area is 122 Å². The highest BCUT2D eigenvalue weighted by molar-refractivity contribution is 7.19. The van der Waals surface area contributed by atoms with Crippen molar-refractivity contribution < 1.29 is 9.90 Å². The smallest absolute Gasteiger partial charge is 0.171 e. The van der Waals surface area contributed by atoms with Crippen LogP contribution in [-0.2, 0) is 0 Å². The van der Waals surface area contributed by atoms with E-state index in [1.807, 2.05) is 6.92 Å². The number of hydrogen-bond acceptors (Lipinski definition) is 6. The predicted octanol–water partition coefficient (Wildman–Crippen LogP) is 2.00. The quantitative estimate of drug-likeness (QED) is 0.832. The van der Waals surface area contributed by atoms with E-state index in [9.17, 15) is 15.2 Å². The van der Waals surface area contributed by atoms with E-state index in [0.717, 1.165) is 30.9 Å². The Balaban J connectivity index is 2.24. The van der Waals surface area contributed by atoms with Crippen LogP contribution in [0.5, 0.6) is 0 Å². The summed E-state index contributed by atoms with van der Waals surface area (Å²) < 4.78 is 0. The Morgan fingerprint density at radius 1 is 1.55 bits per heavy atom. The molecule has 1 atom stereocenters. The molecule has 1 saturated heterocycles. The number of hydrogen-bond donors (Lipinski definition) is 2. The molecule has 0 spiro atoms. The number of nitrogens with zero attached hydrogens (tertiary/aromatic N) is 2. The van der Waals surface area contributed by atoms with Crippen molar-refractivity contribution in [1.29, 1.82) is 5.26 Å². The zero-order valence-corrected chi connectivity index (χ0v) is 12.5. The van der Waals surface area contributed by atoms with Crippen molar-refractivity contribution in [2.75, 3.05) is 23.7 Å². The lowest BCUT2D eigenvalue weighted by molar-refractivity contribution is 0.102. The van der Waals surface area contributed by atoms with Crippen LogP contribution in [0.15, 0.2) is 0 Å². The number of anilines is 2. The molecule has 0 saturated carbocycles. The number of thiophene rings is 1. The van der Waals surface area contributed by atoms with E-state index in [1.165, 1.54) is 18.3 Å². The molecule has 1 aliphatic heterocycles. The van der Waals surface area contributed by atoms with E-state index < -0.39 is 0 Å². The van der Waals surface area contributed by atoms with Gasteiger partial charge in [0.1, 0.15) is 16.6 Å². The SMILES string of the molecule is CC(=O)c1sc(N2CCC(C(C)O)CC2)c(C#N)c1N. The van der Waals surface area contributed by atoms with Crippen LogP contribution >= 0.6 is 11.3 Å². The maximum Gasteiger partial charge on any atom is 0.171 e. The van der Waals surface area contributed by atoms with Crippen LogP contribution in [0.2, 0.25) is 0 Å². The average Bonchev–Trinajstić information content (AvgIpc) is 2.75. The summed E-state index contributed by atoms with van der Waals surface area (Å²) in [6.07, 6.45) is 1.47. The first kappa shape index (κ1) is 14.8. The minimum Gasteiger partial charge on any atom is -0.396 e. The Bertz CT molecular complexity index is 552. The van der Waals surface area contributed by atoms with Gasteiger partial charge in [0.25, 0.3) is 0 Å². The van der Waals surface area contributed by atoms with Gasteiger partial charge in [0.05, 0.1) is 16.7 Å². The fourth-order valence-corrected chi connectivity index (χ4v) is 3.73. The number of nitrogen functional groups attached to an aromatic ring is 1. The summed E-state index contributed by atoms with van der Waals surface area (Å²) in [5, 5.41) is 19.7. The number of piperidine rings is 1. The van der Waals surface area contributed by atoms with Gasteiger partial charge in [0.15, 0.2) is 5.78 Å². The van der Waals surface area contributed by atoms with Gasteiger partial charge >= 0.3 is 0 Å². The van der Waals surface area contributed by atoms with Gasteiger partial charge in [0.2, 0.25) is 0 Å². The van der Waals surface area contributed by atoms with E-state index in [0.29, 0.717) is 22.0 Å². The van der Waals surface area contributed by atoms with Crippen LogP contribution in [0.3, 0.4) is 0 Å². The van der Waals surface area contributed by atoms with Crippen LogP contribution in [0.1, 0.15) is 41.9 Å². The number of nitrogens with two attached hydrogens (primary N) is 1. The topological polar surface area (TPSA) is 90.4 Å². The van der Waals surface area contributed by atoms with Gasteiger partial charge in [-0.2, -0.15) is 5.26 Å². The molecule has 0 radical (unpaired) electrons. The normalized spacial score (nSPS) is 17.8. The number of ketones is 1. The molecule has 5 nitrogen and oxygen atoms in total. The van der Waals surface area contributed by atoms with Crippen LogP contribution in [0, 0.1) is 17.2 Å². The summed E-state index contributed by atoms with van der Waals surface area (Å²) >= 11 is 1.30. The van der Waals surface area contributed by atoms with Crippen LogP contribution < -0.4 is 10.6 Å². The molecule has 108 valence electrons. The third-order valence-corrected chi connectivity index (χ3v) is 5.23. The van der Waals surface area contributed by atoms with Gasteiger partial charge in [-0.05, 0) is 25.7 Å². The van der Waals surface area contributed by atoms with Crippen LogP contribution in [0.4, 0.5) is 10.7 Å². The zero-order valence-electron chi connectivity index (χ0n) is 11.7. The van der Waals surface area contributed by atoms with Crippen molar-refractivity contribution in [3.63, 3.8) is 0 Å². The van der Waals surface area contributed by atoms with Crippen LogP contribution in [0.25, 0.3) is 0 Å². The number of carbonyl (C=O) groups excluding carboxylic acids is 1. The van der Waals surface area contributed by atoms with Crippen molar-refractivity contribution in [1.82, 2.24) is 0 Å². The zero-order chi connectivity index (χ0) is 14.9. The molecule has 0 amide bonds. The maximum absolute atomic E-state index is 11.5. The monoisotopic (exact) mass is 293 g/mol. The number of aliphatic hydroxyl groups is 1. The van der Waals surface area contributed by atoms with Crippen molar-refractivity contribution in [3.05, 3.63) is 10.4 Å². The predicted molar refractivity (Wildman–Crippen MR) is 80.1 cm³/mol. The number of Topliss-reactive ketones (excluding diaryl/α,β-unsaturated/α-hetero) is 1. The minimum atomic E-state index is -0.297. The molecule has 0 aliphatic carbocycles. The minimum absolute atomic E-state index is 0.103. The lowest BCUT2D eigenvalue weighted by Gasteiger charge is -2.34. The molecule has 2 heterocycles. The van der Waals surface area contributed by atoms with Gasteiger partial charge in [0, 0.05) is 20.0 Å². The van der Waals surface area contributed by atoms with Gasteiger partial charge in [-0.15, -0.1) is 11.3 Å². The first-order chi connectivity index (χ1) is 9.45. The fraction of sp³-hybridized carbons (Fsp3) is 0.571. The number of aliphatic hydroxyl groups excluding tert-OH is 1. The summed E-state index contributed by atoms with van der Waals surface area (Å²) in [4.78, 5) is 14.1. The molecular formula is C14H19N3O2S. The summed E-state index contributed by atoms with van der Waals surface area (Å²) in [5.74, 6) is 0.204. The maximum atomic E-state index is 11.5. The molecule has 2 rings (SSSR count). The van der Waals surface area contributed by atoms with E-state index in [2.05, 4.69) is 11.0 Å². The van der Waals surface area contributed by atoms with E-state index in [-0.39, 0.29) is 11.9 Å². The molecule has 3 N–H and O–H groups in total. The largest absolute Gasteiger partial charge is 0.396 e. The molecule has 1 aromatic rings. The van der Waals surface area contributed by atoms with E-state index in [4.69, 9.17) is 5.73 Å². The molecule has 20 heavy (non-hydrogen) atoms. The second-order valence-corrected chi connectivity index (χ2v) is 6.26. The Kier molecular flexibility index (Phi) is 4.31. The van der Waals surface area contributed by atoms with Crippen molar-refractivity contribution >= 4 is 27.8 Å².